The molecule has 7 nitrogen and oxygen atoms in total. The van der Waals surface area contributed by atoms with E-state index in [1.807, 2.05) is 0 Å². The Labute approximate surface area is 110 Å². The summed E-state index contributed by atoms with van der Waals surface area (Å²) in [6.07, 6.45) is 2.59. The van der Waals surface area contributed by atoms with Crippen LogP contribution in [0.15, 0.2) is 18.5 Å². The van der Waals surface area contributed by atoms with Crippen LogP contribution in [0.2, 0.25) is 0 Å². The van der Waals surface area contributed by atoms with Crippen molar-refractivity contribution < 1.29 is 25.5 Å². The van der Waals surface area contributed by atoms with Crippen molar-refractivity contribution in [2.24, 2.45) is 0 Å². The quantitative estimate of drug-likeness (QED) is 0.391. The van der Waals surface area contributed by atoms with Crippen LogP contribution >= 0.6 is 0 Å². The Morgan fingerprint density at radius 1 is 1.00 bits per heavy atom. The number of hydrogen-bond donors (Lipinski definition) is 5. The Morgan fingerprint density at radius 3 is 2.26 bits per heavy atom. The smallest absolute Gasteiger partial charge is 0.103 e. The van der Waals surface area contributed by atoms with Crippen LogP contribution in [0.5, 0.6) is 0 Å². The number of aliphatic hydroxyl groups excluding tert-OH is 5. The molecule has 0 aromatic carbocycles. The fraction of sp³-hybridized carbons (Fsp3) is 0.500. The summed E-state index contributed by atoms with van der Waals surface area (Å²) in [5.41, 5.74) is 0.966. The molecular formula is C12H18N2O5. The first-order chi connectivity index (χ1) is 9.06. The van der Waals surface area contributed by atoms with Crippen molar-refractivity contribution >= 4 is 6.08 Å². The van der Waals surface area contributed by atoms with E-state index < -0.39 is 24.9 Å². The molecule has 1 aromatic rings. The first-order valence-electron chi connectivity index (χ1n) is 5.81. The van der Waals surface area contributed by atoms with Crippen LogP contribution in [0.25, 0.3) is 6.08 Å². The molecule has 0 saturated carbocycles. The van der Waals surface area contributed by atoms with Crippen LogP contribution in [0.1, 0.15) is 11.4 Å². The molecule has 7 heteroatoms. The molecule has 0 aliphatic carbocycles. The van der Waals surface area contributed by atoms with Crippen molar-refractivity contribution in [1.82, 2.24) is 9.97 Å². The summed E-state index contributed by atoms with van der Waals surface area (Å²) in [4.78, 5) is 8.05. The van der Waals surface area contributed by atoms with Crippen molar-refractivity contribution in [2.75, 3.05) is 13.2 Å². The van der Waals surface area contributed by atoms with Crippen LogP contribution in [0.4, 0.5) is 0 Å². The molecule has 19 heavy (non-hydrogen) atoms. The Morgan fingerprint density at radius 2 is 1.74 bits per heavy atom. The van der Waals surface area contributed by atoms with Gasteiger partial charge < -0.3 is 25.5 Å². The SMILES string of the molecule is OC[C@@H](O)[C@@H](O)Cc1cnc(C=C[C@H](O)CO)cn1. The highest BCUT2D eigenvalue weighted by molar-refractivity contribution is 5.43. The molecular weight excluding hydrogens is 252 g/mol. The zero-order chi connectivity index (χ0) is 14.3. The average Bonchev–Trinajstić information content (AvgIpc) is 2.45. The maximum absolute atomic E-state index is 9.50. The second-order valence-electron chi connectivity index (χ2n) is 4.06. The third-order valence-electron chi connectivity index (χ3n) is 2.45. The van der Waals surface area contributed by atoms with Gasteiger partial charge in [-0.1, -0.05) is 6.08 Å². The van der Waals surface area contributed by atoms with Gasteiger partial charge in [0.15, 0.2) is 0 Å². The third kappa shape index (κ3) is 5.41. The molecule has 5 N–H and O–H groups in total. The fourth-order valence-corrected chi connectivity index (χ4v) is 1.30. The predicted molar refractivity (Wildman–Crippen MR) is 67.0 cm³/mol. The molecule has 106 valence electrons. The lowest BCUT2D eigenvalue weighted by atomic mass is 10.1. The lowest BCUT2D eigenvalue weighted by molar-refractivity contribution is -0.0137. The third-order valence-corrected chi connectivity index (χ3v) is 2.45. The summed E-state index contributed by atoms with van der Waals surface area (Å²) in [5.74, 6) is 0. The van der Waals surface area contributed by atoms with Gasteiger partial charge in [0.25, 0.3) is 0 Å². The first kappa shape index (κ1) is 15.7. The monoisotopic (exact) mass is 270 g/mol. The highest BCUT2D eigenvalue weighted by Gasteiger charge is 2.16. The predicted octanol–water partition coefficient (Wildman–Crippen LogP) is -1.90. The van der Waals surface area contributed by atoms with E-state index in [4.69, 9.17) is 15.3 Å². The average molecular weight is 270 g/mol. The molecule has 0 unspecified atom stereocenters. The summed E-state index contributed by atoms with van der Waals surface area (Å²) in [7, 11) is 0. The van der Waals surface area contributed by atoms with Gasteiger partial charge in [-0.15, -0.1) is 0 Å². The van der Waals surface area contributed by atoms with Crippen LogP contribution in [-0.2, 0) is 6.42 Å². The van der Waals surface area contributed by atoms with Gasteiger partial charge in [0.2, 0.25) is 0 Å². The van der Waals surface area contributed by atoms with E-state index in [1.165, 1.54) is 24.5 Å². The highest BCUT2D eigenvalue weighted by Crippen LogP contribution is 2.04. The van der Waals surface area contributed by atoms with Gasteiger partial charge in [0.1, 0.15) is 6.10 Å². The topological polar surface area (TPSA) is 127 Å². The van der Waals surface area contributed by atoms with E-state index in [-0.39, 0.29) is 13.0 Å². The minimum Gasteiger partial charge on any atom is -0.394 e. The Hall–Kier alpha value is -1.38. The second kappa shape index (κ2) is 7.93. The zero-order valence-electron chi connectivity index (χ0n) is 10.3. The molecule has 0 fully saturated rings. The Kier molecular flexibility index (Phi) is 6.54. The number of rotatable bonds is 7. The summed E-state index contributed by atoms with van der Waals surface area (Å²) < 4.78 is 0. The number of hydrogen-bond acceptors (Lipinski definition) is 7. The number of aliphatic hydroxyl groups is 5. The van der Waals surface area contributed by atoms with E-state index in [0.29, 0.717) is 11.4 Å². The van der Waals surface area contributed by atoms with E-state index in [1.54, 1.807) is 0 Å². The molecule has 0 aliphatic rings. The highest BCUT2D eigenvalue weighted by atomic mass is 16.4. The van der Waals surface area contributed by atoms with Crippen LogP contribution in [-0.4, -0.2) is 67.0 Å². The van der Waals surface area contributed by atoms with E-state index in [2.05, 4.69) is 9.97 Å². The van der Waals surface area contributed by atoms with Crippen molar-refractivity contribution in [1.29, 1.82) is 0 Å². The first-order valence-corrected chi connectivity index (χ1v) is 5.81. The lowest BCUT2D eigenvalue weighted by Crippen LogP contribution is -2.31. The van der Waals surface area contributed by atoms with Crippen molar-refractivity contribution in [2.45, 2.75) is 24.7 Å². The van der Waals surface area contributed by atoms with Gasteiger partial charge in [-0.05, 0) is 6.08 Å². The molecule has 0 bridgehead atoms. The largest absolute Gasteiger partial charge is 0.394 e. The molecule has 1 heterocycles. The molecule has 0 spiro atoms. The van der Waals surface area contributed by atoms with Crippen molar-refractivity contribution in [3.8, 4) is 0 Å². The fourth-order valence-electron chi connectivity index (χ4n) is 1.30. The van der Waals surface area contributed by atoms with E-state index >= 15 is 0 Å². The Balaban J connectivity index is 2.59. The molecule has 0 saturated heterocycles. The van der Waals surface area contributed by atoms with Crippen LogP contribution in [0.3, 0.4) is 0 Å². The lowest BCUT2D eigenvalue weighted by Gasteiger charge is -2.14. The van der Waals surface area contributed by atoms with Gasteiger partial charge in [-0.2, -0.15) is 0 Å². The Bertz CT molecular complexity index is 396. The maximum atomic E-state index is 9.50. The van der Waals surface area contributed by atoms with E-state index in [0.717, 1.165) is 0 Å². The van der Waals surface area contributed by atoms with Crippen molar-refractivity contribution in [3.63, 3.8) is 0 Å². The van der Waals surface area contributed by atoms with Crippen molar-refractivity contribution in [3.05, 3.63) is 29.9 Å². The normalized spacial score (nSPS) is 16.5. The second-order valence-corrected chi connectivity index (χ2v) is 4.06. The number of nitrogens with zero attached hydrogens (tertiary/aromatic N) is 2. The molecule has 0 amide bonds. The molecule has 1 rings (SSSR count). The van der Waals surface area contributed by atoms with Gasteiger partial charge in [-0.3, -0.25) is 9.97 Å². The van der Waals surface area contributed by atoms with Crippen LogP contribution in [0, 0.1) is 0 Å². The van der Waals surface area contributed by atoms with Gasteiger partial charge >= 0.3 is 0 Å². The zero-order valence-corrected chi connectivity index (χ0v) is 10.3. The minimum absolute atomic E-state index is 0.0813. The molecule has 1 aromatic heterocycles. The number of aromatic nitrogens is 2. The van der Waals surface area contributed by atoms with Gasteiger partial charge in [0, 0.05) is 12.6 Å². The van der Waals surface area contributed by atoms with Gasteiger partial charge in [-0.25, -0.2) is 0 Å². The van der Waals surface area contributed by atoms with Gasteiger partial charge in [0.05, 0.1) is 43.0 Å². The summed E-state index contributed by atoms with van der Waals surface area (Å²) in [6.45, 7) is -0.887. The van der Waals surface area contributed by atoms with E-state index in [9.17, 15) is 10.2 Å². The van der Waals surface area contributed by atoms with Crippen LogP contribution < -0.4 is 0 Å². The molecule has 0 radical (unpaired) electrons. The standard InChI is InChI=1S/C12H18N2O5/c15-6-10(17)2-1-8-4-14-9(5-13-8)3-11(18)12(19)7-16/h1-2,4-5,10-12,15-19H,3,6-7H2/t10-,11-,12+/m0/s1. The summed E-state index contributed by atoms with van der Waals surface area (Å²) >= 11 is 0. The molecule has 3 atom stereocenters. The summed E-state index contributed by atoms with van der Waals surface area (Å²) in [6, 6.07) is 0. The minimum atomic E-state index is -1.21. The summed E-state index contributed by atoms with van der Waals surface area (Å²) in [5, 5.41) is 45.1. The molecule has 0 aliphatic heterocycles. The maximum Gasteiger partial charge on any atom is 0.103 e.